The van der Waals surface area contributed by atoms with Crippen molar-refractivity contribution < 1.29 is 4.39 Å². The van der Waals surface area contributed by atoms with E-state index in [1.54, 1.807) is 13.8 Å². The highest BCUT2D eigenvalue weighted by atomic mass is 19.1. The van der Waals surface area contributed by atoms with Crippen LogP contribution in [-0.2, 0) is 6.54 Å². The molecule has 106 valence electrons. The molecule has 0 aliphatic heterocycles. The molecular formula is C14H16FN3O2. The maximum Gasteiger partial charge on any atom is 0.330 e. The van der Waals surface area contributed by atoms with Crippen LogP contribution in [0.1, 0.15) is 25.5 Å². The molecule has 20 heavy (non-hydrogen) atoms. The monoisotopic (exact) mass is 277 g/mol. The molecule has 1 aromatic heterocycles. The second-order valence-electron chi connectivity index (χ2n) is 4.73. The van der Waals surface area contributed by atoms with E-state index in [0.717, 1.165) is 10.1 Å². The Bertz CT molecular complexity index is 705. The van der Waals surface area contributed by atoms with Gasteiger partial charge >= 0.3 is 5.69 Å². The predicted octanol–water partition coefficient (Wildman–Crippen LogP) is 1.87. The lowest BCUT2D eigenvalue weighted by Gasteiger charge is -2.12. The average Bonchev–Trinajstić information content (AvgIpc) is 2.42. The van der Waals surface area contributed by atoms with Crippen LogP contribution in [0.2, 0.25) is 0 Å². The van der Waals surface area contributed by atoms with E-state index in [-0.39, 0.29) is 5.82 Å². The fraction of sp³-hybridized carbons (Fsp3) is 0.286. The molecule has 0 radical (unpaired) electrons. The van der Waals surface area contributed by atoms with Crippen molar-refractivity contribution in [3.8, 4) is 0 Å². The smallest absolute Gasteiger partial charge is 0.330 e. The van der Waals surface area contributed by atoms with E-state index >= 15 is 0 Å². The molecule has 0 amide bonds. The highest BCUT2D eigenvalue weighted by Crippen LogP contribution is 2.07. The van der Waals surface area contributed by atoms with Gasteiger partial charge in [0.15, 0.2) is 0 Å². The number of nitrogens with one attached hydrogen (secondary N) is 2. The Morgan fingerprint density at radius 1 is 1.25 bits per heavy atom. The van der Waals surface area contributed by atoms with Crippen LogP contribution in [0.25, 0.3) is 0 Å². The van der Waals surface area contributed by atoms with Gasteiger partial charge in [-0.2, -0.15) is 4.39 Å². The zero-order chi connectivity index (χ0) is 14.7. The Labute approximate surface area is 115 Å². The van der Waals surface area contributed by atoms with Gasteiger partial charge in [-0.25, -0.2) is 4.79 Å². The lowest BCUT2D eigenvalue weighted by molar-refractivity contribution is 0.499. The van der Waals surface area contributed by atoms with Crippen LogP contribution in [0.15, 0.2) is 39.9 Å². The van der Waals surface area contributed by atoms with Crippen LogP contribution < -0.4 is 16.6 Å². The Balaban J connectivity index is 2.30. The quantitative estimate of drug-likeness (QED) is 0.896. The number of hydrogen-bond donors (Lipinski definition) is 2. The highest BCUT2D eigenvalue weighted by molar-refractivity contribution is 5.35. The molecule has 0 spiro atoms. The van der Waals surface area contributed by atoms with Crippen molar-refractivity contribution in [3.63, 3.8) is 0 Å². The van der Waals surface area contributed by atoms with Gasteiger partial charge in [0.25, 0.3) is 5.56 Å². The van der Waals surface area contributed by atoms with E-state index < -0.39 is 23.1 Å². The molecular weight excluding hydrogens is 261 g/mol. The first-order valence-corrected chi connectivity index (χ1v) is 6.33. The standard InChI is InChI=1S/C14H16FN3O2/c1-9(2)18-13(19)11(15)12(17-14(18)20)16-8-10-6-4-3-5-7-10/h3-7,9,16H,8H2,1-2H3,(H,17,20). The third-order valence-electron chi connectivity index (χ3n) is 2.91. The van der Waals surface area contributed by atoms with Crippen LogP contribution in [-0.4, -0.2) is 9.55 Å². The molecule has 2 aromatic rings. The van der Waals surface area contributed by atoms with E-state index in [1.165, 1.54) is 0 Å². The zero-order valence-corrected chi connectivity index (χ0v) is 11.3. The summed E-state index contributed by atoms with van der Waals surface area (Å²) in [7, 11) is 0. The summed E-state index contributed by atoms with van der Waals surface area (Å²) < 4.78 is 14.8. The first-order chi connectivity index (χ1) is 9.50. The molecule has 0 fully saturated rings. The van der Waals surface area contributed by atoms with Gasteiger partial charge in [0.05, 0.1) is 0 Å². The molecule has 1 heterocycles. The van der Waals surface area contributed by atoms with E-state index in [1.807, 2.05) is 30.3 Å². The summed E-state index contributed by atoms with van der Waals surface area (Å²) in [5.41, 5.74) is -0.623. The summed E-state index contributed by atoms with van der Waals surface area (Å²) in [6.45, 7) is 3.61. The Morgan fingerprint density at radius 3 is 2.50 bits per heavy atom. The molecule has 2 N–H and O–H groups in total. The van der Waals surface area contributed by atoms with Gasteiger partial charge in [-0.3, -0.25) is 14.3 Å². The van der Waals surface area contributed by atoms with Crippen molar-refractivity contribution in [1.82, 2.24) is 9.55 Å². The van der Waals surface area contributed by atoms with Crippen LogP contribution in [0.3, 0.4) is 0 Å². The molecule has 1 aromatic carbocycles. The minimum absolute atomic E-state index is 0.180. The van der Waals surface area contributed by atoms with E-state index in [9.17, 15) is 14.0 Å². The number of hydrogen-bond acceptors (Lipinski definition) is 3. The van der Waals surface area contributed by atoms with Crippen molar-refractivity contribution in [3.05, 3.63) is 62.6 Å². The Hall–Kier alpha value is -2.37. The number of halogens is 1. The molecule has 0 unspecified atom stereocenters. The molecule has 0 aliphatic carbocycles. The summed E-state index contributed by atoms with van der Waals surface area (Å²) in [4.78, 5) is 25.9. The van der Waals surface area contributed by atoms with Gasteiger partial charge in [-0.05, 0) is 19.4 Å². The summed E-state index contributed by atoms with van der Waals surface area (Å²) in [5, 5.41) is 2.73. The van der Waals surface area contributed by atoms with Gasteiger partial charge in [0, 0.05) is 12.6 Å². The van der Waals surface area contributed by atoms with E-state index in [4.69, 9.17) is 0 Å². The van der Waals surface area contributed by atoms with Crippen LogP contribution >= 0.6 is 0 Å². The maximum atomic E-state index is 13.9. The third-order valence-corrected chi connectivity index (χ3v) is 2.91. The van der Waals surface area contributed by atoms with Crippen LogP contribution in [0.4, 0.5) is 10.2 Å². The molecule has 0 saturated carbocycles. The molecule has 6 heteroatoms. The first kappa shape index (κ1) is 14.0. The van der Waals surface area contributed by atoms with Crippen molar-refractivity contribution in [2.24, 2.45) is 0 Å². The number of anilines is 1. The van der Waals surface area contributed by atoms with E-state index in [2.05, 4.69) is 10.3 Å². The number of aromatic amines is 1. The van der Waals surface area contributed by atoms with Gasteiger partial charge < -0.3 is 5.32 Å². The van der Waals surface area contributed by atoms with Gasteiger partial charge in [-0.1, -0.05) is 30.3 Å². The second-order valence-corrected chi connectivity index (χ2v) is 4.73. The normalized spacial score (nSPS) is 10.8. The number of nitrogens with zero attached hydrogens (tertiary/aromatic N) is 1. The summed E-state index contributed by atoms with van der Waals surface area (Å²) in [6, 6.07) is 8.90. The lowest BCUT2D eigenvalue weighted by Crippen LogP contribution is -2.39. The minimum atomic E-state index is -0.978. The topological polar surface area (TPSA) is 66.9 Å². The molecule has 2 rings (SSSR count). The van der Waals surface area contributed by atoms with Crippen molar-refractivity contribution >= 4 is 5.82 Å². The van der Waals surface area contributed by atoms with Gasteiger partial charge in [0.2, 0.25) is 5.82 Å². The number of benzene rings is 1. The highest BCUT2D eigenvalue weighted by Gasteiger charge is 2.15. The lowest BCUT2D eigenvalue weighted by atomic mass is 10.2. The van der Waals surface area contributed by atoms with Gasteiger partial charge in [-0.15, -0.1) is 0 Å². The Kier molecular flexibility index (Phi) is 4.02. The molecule has 0 saturated heterocycles. The van der Waals surface area contributed by atoms with Crippen LogP contribution in [0.5, 0.6) is 0 Å². The number of aromatic nitrogens is 2. The van der Waals surface area contributed by atoms with E-state index in [0.29, 0.717) is 6.54 Å². The summed E-state index contributed by atoms with van der Waals surface area (Å²) in [6.07, 6.45) is 0. The summed E-state index contributed by atoms with van der Waals surface area (Å²) in [5.74, 6) is -1.16. The molecule has 0 aliphatic rings. The van der Waals surface area contributed by atoms with Gasteiger partial charge in [0.1, 0.15) is 5.82 Å². The molecule has 0 atom stereocenters. The van der Waals surface area contributed by atoms with Crippen molar-refractivity contribution in [1.29, 1.82) is 0 Å². The molecule has 5 nitrogen and oxygen atoms in total. The third kappa shape index (κ3) is 2.79. The Morgan fingerprint density at radius 2 is 1.90 bits per heavy atom. The SMILES string of the molecule is CC(C)n1c(=O)[nH]c(NCc2ccccc2)c(F)c1=O. The second kappa shape index (κ2) is 5.73. The minimum Gasteiger partial charge on any atom is -0.365 e. The van der Waals surface area contributed by atoms with Crippen molar-refractivity contribution in [2.45, 2.75) is 26.4 Å². The zero-order valence-electron chi connectivity index (χ0n) is 11.3. The average molecular weight is 277 g/mol. The number of rotatable bonds is 4. The predicted molar refractivity (Wildman–Crippen MR) is 75.4 cm³/mol. The van der Waals surface area contributed by atoms with Crippen LogP contribution in [0, 0.1) is 5.82 Å². The van der Waals surface area contributed by atoms with Crippen molar-refractivity contribution in [2.75, 3.05) is 5.32 Å². The maximum absolute atomic E-state index is 13.9. The summed E-state index contributed by atoms with van der Waals surface area (Å²) >= 11 is 0. The fourth-order valence-electron chi connectivity index (χ4n) is 1.90. The largest absolute Gasteiger partial charge is 0.365 e. The molecule has 0 bridgehead atoms. The first-order valence-electron chi connectivity index (χ1n) is 6.33. The number of H-pyrrole nitrogens is 1. The fourth-order valence-corrected chi connectivity index (χ4v) is 1.90.